The standard InChI is InChI=1S/C33H44F2/c1-18(29-14-11-28(12-15-29)13-16-31(34)35)17-30-22(5)26(9)33(27(10)23(30)6)32-24(7)20(3)19(2)21(4)25(32)8/h16-17,28-29H,11-15H2,1-10H3. The normalized spacial score (nSPS) is 18.7. The third kappa shape index (κ3) is 5.32. The van der Waals surface area contributed by atoms with Crippen LogP contribution in [0.1, 0.15) is 94.7 Å². The summed E-state index contributed by atoms with van der Waals surface area (Å²) >= 11 is 0. The van der Waals surface area contributed by atoms with E-state index in [9.17, 15) is 8.78 Å². The highest BCUT2D eigenvalue weighted by Crippen LogP contribution is 2.42. The van der Waals surface area contributed by atoms with Gasteiger partial charge in [-0.2, -0.15) is 8.78 Å². The van der Waals surface area contributed by atoms with E-state index in [4.69, 9.17) is 0 Å². The second-order valence-corrected chi connectivity index (χ2v) is 11.1. The van der Waals surface area contributed by atoms with Gasteiger partial charge in [-0.05, 0) is 186 Å². The minimum absolute atomic E-state index is 0.403. The van der Waals surface area contributed by atoms with Crippen LogP contribution in [0.3, 0.4) is 0 Å². The molecule has 0 atom stereocenters. The summed E-state index contributed by atoms with van der Waals surface area (Å²) in [7, 11) is 0. The van der Waals surface area contributed by atoms with Crippen LogP contribution in [-0.2, 0) is 0 Å². The molecule has 0 aromatic heterocycles. The first-order valence-corrected chi connectivity index (χ1v) is 13.2. The maximum Gasteiger partial charge on any atom is 0.266 e. The van der Waals surface area contributed by atoms with Crippen molar-refractivity contribution in [1.82, 2.24) is 0 Å². The number of allylic oxidation sites excluding steroid dienone is 2. The summed E-state index contributed by atoms with van der Waals surface area (Å²) in [6, 6.07) is 0. The summed E-state index contributed by atoms with van der Waals surface area (Å²) in [4.78, 5) is 0. The molecule has 2 heteroatoms. The van der Waals surface area contributed by atoms with E-state index in [0.717, 1.165) is 31.8 Å². The van der Waals surface area contributed by atoms with Gasteiger partial charge in [-0.3, -0.25) is 0 Å². The fraction of sp³-hybridized carbons (Fsp3) is 0.515. The van der Waals surface area contributed by atoms with Crippen LogP contribution in [0, 0.1) is 74.1 Å². The minimum Gasteiger partial charge on any atom is -0.174 e. The molecule has 0 N–H and O–H groups in total. The van der Waals surface area contributed by atoms with E-state index in [1.807, 2.05) is 0 Å². The number of benzene rings is 2. The molecule has 1 saturated carbocycles. The summed E-state index contributed by atoms with van der Waals surface area (Å²) in [5.41, 5.74) is 18.1. The Labute approximate surface area is 212 Å². The summed E-state index contributed by atoms with van der Waals surface area (Å²) < 4.78 is 24.9. The first kappa shape index (κ1) is 27.4. The lowest BCUT2D eigenvalue weighted by molar-refractivity contribution is 0.300. The Hall–Kier alpha value is -2.22. The van der Waals surface area contributed by atoms with Crippen LogP contribution < -0.4 is 0 Å². The van der Waals surface area contributed by atoms with Gasteiger partial charge in [0.25, 0.3) is 6.08 Å². The predicted octanol–water partition coefficient (Wildman–Crippen LogP) is 10.5. The van der Waals surface area contributed by atoms with Crippen LogP contribution in [0.5, 0.6) is 0 Å². The second kappa shape index (κ2) is 10.8. The van der Waals surface area contributed by atoms with Crippen molar-refractivity contribution in [1.29, 1.82) is 0 Å². The molecule has 2 aromatic carbocycles. The van der Waals surface area contributed by atoms with Crippen LogP contribution in [0.2, 0.25) is 0 Å². The molecular formula is C33H44F2. The molecule has 0 spiro atoms. The maximum absolute atomic E-state index is 12.5. The van der Waals surface area contributed by atoms with Crippen molar-refractivity contribution in [2.45, 2.75) is 101 Å². The van der Waals surface area contributed by atoms with E-state index in [-0.39, 0.29) is 0 Å². The molecule has 0 radical (unpaired) electrons. The smallest absolute Gasteiger partial charge is 0.174 e. The lowest BCUT2D eigenvalue weighted by Gasteiger charge is -2.29. The number of hydrogen-bond donors (Lipinski definition) is 0. The predicted molar refractivity (Wildman–Crippen MR) is 149 cm³/mol. The van der Waals surface area contributed by atoms with Crippen molar-refractivity contribution in [3.8, 4) is 11.1 Å². The van der Waals surface area contributed by atoms with Crippen LogP contribution >= 0.6 is 0 Å². The molecule has 0 amide bonds. The van der Waals surface area contributed by atoms with Crippen molar-refractivity contribution < 1.29 is 8.78 Å². The molecule has 2 aromatic rings. The first-order chi connectivity index (χ1) is 16.4. The number of hydrogen-bond acceptors (Lipinski definition) is 0. The topological polar surface area (TPSA) is 0 Å². The third-order valence-corrected chi connectivity index (χ3v) is 9.40. The average molecular weight is 479 g/mol. The van der Waals surface area contributed by atoms with E-state index < -0.39 is 6.08 Å². The Bertz CT molecular complexity index is 1120. The Morgan fingerprint density at radius 2 is 1.03 bits per heavy atom. The van der Waals surface area contributed by atoms with Gasteiger partial charge in [-0.1, -0.05) is 11.6 Å². The molecule has 35 heavy (non-hydrogen) atoms. The number of rotatable bonds is 5. The fourth-order valence-electron chi connectivity index (χ4n) is 6.26. The molecular weight excluding hydrogens is 434 g/mol. The largest absolute Gasteiger partial charge is 0.266 e. The molecule has 0 heterocycles. The Kier molecular flexibility index (Phi) is 8.45. The summed E-state index contributed by atoms with van der Waals surface area (Å²) in [5, 5.41) is 0. The van der Waals surface area contributed by atoms with Crippen molar-refractivity contribution in [2.24, 2.45) is 11.8 Å². The van der Waals surface area contributed by atoms with Gasteiger partial charge in [0.05, 0.1) is 0 Å². The lowest BCUT2D eigenvalue weighted by atomic mass is 9.76. The molecule has 0 aliphatic heterocycles. The Balaban J connectivity index is 2.00. The molecule has 190 valence electrons. The third-order valence-electron chi connectivity index (χ3n) is 9.40. The lowest BCUT2D eigenvalue weighted by Crippen LogP contribution is -2.15. The maximum atomic E-state index is 12.5. The van der Waals surface area contributed by atoms with Crippen LogP contribution in [0.25, 0.3) is 17.2 Å². The van der Waals surface area contributed by atoms with Crippen LogP contribution in [0.4, 0.5) is 8.78 Å². The monoisotopic (exact) mass is 478 g/mol. The highest BCUT2D eigenvalue weighted by Gasteiger charge is 2.24. The summed E-state index contributed by atoms with van der Waals surface area (Å²) in [5.74, 6) is 0.956. The minimum atomic E-state index is -1.54. The zero-order valence-corrected chi connectivity index (χ0v) is 23.6. The SMILES string of the molecule is CC(=Cc1c(C)c(C)c(-c2c(C)c(C)c(C)c(C)c2C)c(C)c1C)C1CCC(CC=C(F)F)CC1. The van der Waals surface area contributed by atoms with Gasteiger partial charge >= 0.3 is 0 Å². The van der Waals surface area contributed by atoms with Gasteiger partial charge in [0, 0.05) is 0 Å². The van der Waals surface area contributed by atoms with Gasteiger partial charge in [-0.25, -0.2) is 0 Å². The Morgan fingerprint density at radius 1 is 0.629 bits per heavy atom. The van der Waals surface area contributed by atoms with E-state index in [1.54, 1.807) is 0 Å². The van der Waals surface area contributed by atoms with Gasteiger partial charge < -0.3 is 0 Å². The van der Waals surface area contributed by atoms with Crippen molar-refractivity contribution in [2.75, 3.05) is 0 Å². The molecule has 1 fully saturated rings. The highest BCUT2D eigenvalue weighted by atomic mass is 19.3. The molecule has 1 aliphatic carbocycles. The first-order valence-electron chi connectivity index (χ1n) is 13.2. The molecule has 0 bridgehead atoms. The molecule has 1 aliphatic rings. The second-order valence-electron chi connectivity index (χ2n) is 11.1. The van der Waals surface area contributed by atoms with E-state index >= 15 is 0 Å². The van der Waals surface area contributed by atoms with Crippen molar-refractivity contribution >= 4 is 6.08 Å². The highest BCUT2D eigenvalue weighted by molar-refractivity contribution is 5.83. The van der Waals surface area contributed by atoms with Gasteiger partial charge in [0.2, 0.25) is 0 Å². The average Bonchev–Trinajstić information content (AvgIpc) is 2.83. The van der Waals surface area contributed by atoms with Gasteiger partial charge in [0.1, 0.15) is 0 Å². The Morgan fingerprint density at radius 3 is 1.46 bits per heavy atom. The van der Waals surface area contributed by atoms with Crippen LogP contribution in [0.15, 0.2) is 17.7 Å². The van der Waals surface area contributed by atoms with Crippen molar-refractivity contribution in [3.05, 3.63) is 73.4 Å². The van der Waals surface area contributed by atoms with Crippen molar-refractivity contribution in [3.63, 3.8) is 0 Å². The number of halogens is 2. The van der Waals surface area contributed by atoms with Gasteiger partial charge in [0.15, 0.2) is 0 Å². The zero-order chi connectivity index (χ0) is 26.2. The van der Waals surface area contributed by atoms with E-state index in [2.05, 4.69) is 75.3 Å². The molecule has 0 saturated heterocycles. The molecule has 3 rings (SSSR count). The zero-order valence-electron chi connectivity index (χ0n) is 23.6. The van der Waals surface area contributed by atoms with E-state index in [0.29, 0.717) is 18.3 Å². The fourth-order valence-corrected chi connectivity index (χ4v) is 6.26. The molecule has 0 nitrogen and oxygen atoms in total. The van der Waals surface area contributed by atoms with Gasteiger partial charge in [-0.15, -0.1) is 0 Å². The quantitative estimate of drug-likeness (QED) is 0.401. The molecule has 0 unspecified atom stereocenters. The summed E-state index contributed by atoms with van der Waals surface area (Å²) in [6.45, 7) is 22.7. The summed E-state index contributed by atoms with van der Waals surface area (Å²) in [6.07, 6.45) is 6.79. The van der Waals surface area contributed by atoms with E-state index in [1.165, 1.54) is 72.3 Å². The van der Waals surface area contributed by atoms with Crippen LogP contribution in [-0.4, -0.2) is 0 Å².